The van der Waals surface area contributed by atoms with Crippen molar-refractivity contribution in [3.8, 4) is 0 Å². The summed E-state index contributed by atoms with van der Waals surface area (Å²) < 4.78 is 6.32. The predicted molar refractivity (Wildman–Crippen MR) is 120 cm³/mol. The van der Waals surface area contributed by atoms with Crippen LogP contribution in [0.15, 0.2) is 48.8 Å². The lowest BCUT2D eigenvalue weighted by Crippen LogP contribution is -2.53. The van der Waals surface area contributed by atoms with Crippen molar-refractivity contribution in [1.82, 2.24) is 9.88 Å². The number of carbonyl (C=O) groups is 2. The van der Waals surface area contributed by atoms with E-state index < -0.39 is 6.10 Å². The van der Waals surface area contributed by atoms with E-state index >= 15 is 0 Å². The molecule has 0 radical (unpaired) electrons. The number of pyridine rings is 1. The van der Waals surface area contributed by atoms with Crippen molar-refractivity contribution in [3.63, 3.8) is 0 Å². The summed E-state index contributed by atoms with van der Waals surface area (Å²) in [6.07, 6.45) is 5.99. The normalized spacial score (nSPS) is 25.4. The molecule has 4 rings (SSSR count). The van der Waals surface area contributed by atoms with Gasteiger partial charge in [0.25, 0.3) is 5.91 Å². The number of likely N-dealkylation sites (tertiary alicyclic amines) is 1. The fraction of sp³-hybridized carbons (Fsp3) is 0.458. The molecule has 7 heteroatoms. The zero-order chi connectivity index (χ0) is 21.8. The summed E-state index contributed by atoms with van der Waals surface area (Å²) >= 11 is 0. The van der Waals surface area contributed by atoms with E-state index in [4.69, 9.17) is 4.74 Å². The van der Waals surface area contributed by atoms with E-state index in [-0.39, 0.29) is 23.5 Å². The standard InChI is InChI=1S/C24H30N4O3/c1-3-18-6-4-7-19(14-18)27-23(30)28-13-11-24(17(2)16-28)10-9-21(31-24)22(29)26-20-8-5-12-25-15-20/h4-8,12,14-15,17,21H,3,9-11,13,16H2,1-2H3,(H,26,29)(H,27,30)/t17-,21-,24+/m0/s1. The zero-order valence-electron chi connectivity index (χ0n) is 18.1. The Labute approximate surface area is 183 Å². The van der Waals surface area contributed by atoms with Gasteiger partial charge in [0.05, 0.1) is 17.5 Å². The molecule has 1 aromatic heterocycles. The molecule has 3 atom stereocenters. The minimum absolute atomic E-state index is 0.0844. The van der Waals surface area contributed by atoms with Crippen molar-refractivity contribution >= 4 is 23.3 Å². The Hall–Kier alpha value is -2.93. The minimum atomic E-state index is -0.472. The molecule has 2 fully saturated rings. The lowest BCUT2D eigenvalue weighted by atomic mass is 9.80. The molecule has 2 aliphatic heterocycles. The largest absolute Gasteiger partial charge is 0.362 e. The average molecular weight is 423 g/mol. The van der Waals surface area contributed by atoms with Crippen LogP contribution in [0, 0.1) is 5.92 Å². The summed E-state index contributed by atoms with van der Waals surface area (Å²) in [5.74, 6) is 0.0122. The molecule has 0 saturated carbocycles. The predicted octanol–water partition coefficient (Wildman–Crippen LogP) is 4.07. The van der Waals surface area contributed by atoms with Crippen molar-refractivity contribution < 1.29 is 14.3 Å². The Morgan fingerprint density at radius 1 is 1.19 bits per heavy atom. The summed E-state index contributed by atoms with van der Waals surface area (Å²) in [6, 6.07) is 11.5. The number of aromatic nitrogens is 1. The molecule has 0 unspecified atom stereocenters. The van der Waals surface area contributed by atoms with Crippen LogP contribution in [0.2, 0.25) is 0 Å². The molecule has 0 aliphatic carbocycles. The van der Waals surface area contributed by atoms with Gasteiger partial charge in [0, 0.05) is 30.9 Å². The second-order valence-electron chi connectivity index (χ2n) is 8.52. The number of carbonyl (C=O) groups excluding carboxylic acids is 2. The first kappa shape index (κ1) is 21.3. The third-order valence-corrected chi connectivity index (χ3v) is 6.50. The van der Waals surface area contributed by atoms with E-state index in [0.29, 0.717) is 25.2 Å². The lowest BCUT2D eigenvalue weighted by Gasteiger charge is -2.44. The van der Waals surface area contributed by atoms with Gasteiger partial charge in [-0.3, -0.25) is 9.78 Å². The number of piperidine rings is 1. The van der Waals surface area contributed by atoms with Crippen molar-refractivity contribution in [2.75, 3.05) is 23.7 Å². The van der Waals surface area contributed by atoms with E-state index in [0.717, 1.165) is 24.9 Å². The summed E-state index contributed by atoms with van der Waals surface area (Å²) in [7, 11) is 0. The summed E-state index contributed by atoms with van der Waals surface area (Å²) in [5, 5.41) is 5.90. The number of nitrogens with one attached hydrogen (secondary N) is 2. The third kappa shape index (κ3) is 4.71. The molecular weight excluding hydrogens is 392 g/mol. The van der Waals surface area contributed by atoms with Gasteiger partial charge in [-0.15, -0.1) is 0 Å². The molecule has 7 nitrogen and oxygen atoms in total. The van der Waals surface area contributed by atoms with Crippen LogP contribution in [0.1, 0.15) is 38.7 Å². The number of ether oxygens (including phenoxy) is 1. The fourth-order valence-corrected chi connectivity index (χ4v) is 4.58. The number of hydrogen-bond donors (Lipinski definition) is 2. The van der Waals surface area contributed by atoms with Gasteiger partial charge in [-0.1, -0.05) is 26.0 Å². The van der Waals surface area contributed by atoms with Crippen LogP contribution in [-0.2, 0) is 16.0 Å². The first-order valence-electron chi connectivity index (χ1n) is 11.0. The maximum atomic E-state index is 12.8. The number of anilines is 2. The van der Waals surface area contributed by atoms with Gasteiger partial charge in [-0.25, -0.2) is 4.79 Å². The SMILES string of the molecule is CCc1cccc(NC(=O)N2CC[C@]3(CC[C@@H](C(=O)Nc4cccnc4)O3)[C@@H](C)C2)c1. The molecule has 2 N–H and O–H groups in total. The van der Waals surface area contributed by atoms with Gasteiger partial charge in [0.1, 0.15) is 6.10 Å². The Bertz CT molecular complexity index is 935. The van der Waals surface area contributed by atoms with Crippen molar-refractivity contribution in [3.05, 3.63) is 54.4 Å². The molecular formula is C24H30N4O3. The van der Waals surface area contributed by atoms with E-state index in [1.54, 1.807) is 18.5 Å². The highest BCUT2D eigenvalue weighted by Gasteiger charge is 2.49. The highest BCUT2D eigenvalue weighted by atomic mass is 16.5. The second-order valence-corrected chi connectivity index (χ2v) is 8.52. The second kappa shape index (κ2) is 9.06. The first-order valence-corrected chi connectivity index (χ1v) is 11.0. The van der Waals surface area contributed by atoms with Gasteiger partial charge in [-0.2, -0.15) is 0 Å². The number of aryl methyl sites for hydroxylation is 1. The minimum Gasteiger partial charge on any atom is -0.362 e. The smallest absolute Gasteiger partial charge is 0.321 e. The maximum Gasteiger partial charge on any atom is 0.321 e. The lowest BCUT2D eigenvalue weighted by molar-refractivity contribution is -0.141. The summed E-state index contributed by atoms with van der Waals surface area (Å²) in [5.41, 5.74) is 2.33. The molecule has 1 spiro atoms. The van der Waals surface area contributed by atoms with Crippen LogP contribution in [0.4, 0.5) is 16.2 Å². The van der Waals surface area contributed by atoms with Gasteiger partial charge in [0.2, 0.25) is 0 Å². The highest BCUT2D eigenvalue weighted by molar-refractivity contribution is 5.94. The molecule has 3 heterocycles. The molecule has 31 heavy (non-hydrogen) atoms. The number of hydrogen-bond acceptors (Lipinski definition) is 4. The topological polar surface area (TPSA) is 83.6 Å². The van der Waals surface area contributed by atoms with Gasteiger partial charge < -0.3 is 20.3 Å². The summed E-state index contributed by atoms with van der Waals surface area (Å²) in [4.78, 5) is 31.3. The van der Waals surface area contributed by atoms with E-state index in [1.807, 2.05) is 29.2 Å². The Morgan fingerprint density at radius 2 is 2.03 bits per heavy atom. The molecule has 3 amide bonds. The molecule has 2 aliphatic rings. The van der Waals surface area contributed by atoms with Gasteiger partial charge in [-0.05, 0) is 55.5 Å². The fourth-order valence-electron chi connectivity index (χ4n) is 4.58. The molecule has 2 saturated heterocycles. The van der Waals surface area contributed by atoms with Crippen LogP contribution in [0.5, 0.6) is 0 Å². The van der Waals surface area contributed by atoms with E-state index in [1.165, 1.54) is 5.56 Å². The third-order valence-electron chi connectivity index (χ3n) is 6.50. The van der Waals surface area contributed by atoms with Crippen LogP contribution < -0.4 is 10.6 Å². The van der Waals surface area contributed by atoms with E-state index in [9.17, 15) is 9.59 Å². The van der Waals surface area contributed by atoms with Crippen molar-refractivity contribution in [1.29, 1.82) is 0 Å². The van der Waals surface area contributed by atoms with Crippen LogP contribution in [0.3, 0.4) is 0 Å². The van der Waals surface area contributed by atoms with Gasteiger partial charge in [0.15, 0.2) is 0 Å². The maximum absolute atomic E-state index is 12.8. The van der Waals surface area contributed by atoms with Crippen molar-refractivity contribution in [2.45, 2.75) is 51.2 Å². The zero-order valence-corrected chi connectivity index (χ0v) is 18.1. The van der Waals surface area contributed by atoms with E-state index in [2.05, 4.69) is 35.5 Å². The van der Waals surface area contributed by atoms with Crippen LogP contribution in [0.25, 0.3) is 0 Å². The number of nitrogens with zero attached hydrogens (tertiary/aromatic N) is 2. The van der Waals surface area contributed by atoms with Crippen LogP contribution in [-0.4, -0.2) is 46.6 Å². The first-order chi connectivity index (χ1) is 15.0. The number of rotatable bonds is 4. The molecule has 2 aromatic rings. The highest BCUT2D eigenvalue weighted by Crippen LogP contribution is 2.42. The number of benzene rings is 1. The Balaban J connectivity index is 1.33. The molecule has 0 bridgehead atoms. The summed E-state index contributed by atoms with van der Waals surface area (Å²) in [6.45, 7) is 5.42. The Kier molecular flexibility index (Phi) is 6.23. The molecule has 1 aromatic carbocycles. The van der Waals surface area contributed by atoms with Crippen LogP contribution >= 0.6 is 0 Å². The number of urea groups is 1. The average Bonchev–Trinajstić information content (AvgIpc) is 3.22. The van der Waals surface area contributed by atoms with Crippen molar-refractivity contribution in [2.24, 2.45) is 5.92 Å². The molecule has 164 valence electrons. The monoisotopic (exact) mass is 422 g/mol. The van der Waals surface area contributed by atoms with Gasteiger partial charge >= 0.3 is 6.03 Å². The Morgan fingerprint density at radius 3 is 2.77 bits per heavy atom. The quantitative estimate of drug-likeness (QED) is 0.778. The number of amides is 3.